The summed E-state index contributed by atoms with van der Waals surface area (Å²) in [5, 5.41) is 6.23. The molecule has 2 N–H and O–H groups in total. The third-order valence-corrected chi connectivity index (χ3v) is 6.57. The maximum absolute atomic E-state index is 13.3. The molecule has 0 saturated carbocycles. The number of hydrogen-bond acceptors (Lipinski definition) is 3. The SMILES string of the molecule is C=CC1(CN[C@@](C=C)(CO[C@@H](C)c2cc(C(F)(F)F)cc(C(F)(F)F)c2)c2ccccc2)CCC(=O)N1. The normalized spacial score (nSPS) is 20.7. The van der Waals surface area contributed by atoms with Crippen molar-refractivity contribution in [3.05, 3.63) is 96.1 Å². The molecule has 2 aromatic rings. The van der Waals surface area contributed by atoms with E-state index >= 15 is 0 Å². The molecular formula is C27H28F6N2O2. The quantitative estimate of drug-likeness (QED) is 0.282. The molecule has 3 rings (SSSR count). The van der Waals surface area contributed by atoms with Gasteiger partial charge in [-0.25, -0.2) is 0 Å². The predicted octanol–water partition coefficient (Wildman–Crippen LogP) is 6.31. The lowest BCUT2D eigenvalue weighted by atomic mass is 9.88. The molecule has 1 aliphatic heterocycles. The summed E-state index contributed by atoms with van der Waals surface area (Å²) in [6.45, 7) is 9.19. The second-order valence-corrected chi connectivity index (χ2v) is 9.10. The van der Waals surface area contributed by atoms with Crippen LogP contribution < -0.4 is 10.6 Å². The van der Waals surface area contributed by atoms with E-state index in [9.17, 15) is 31.1 Å². The van der Waals surface area contributed by atoms with Crippen molar-refractivity contribution in [2.24, 2.45) is 0 Å². The van der Waals surface area contributed by atoms with Gasteiger partial charge < -0.3 is 10.1 Å². The maximum atomic E-state index is 13.3. The minimum absolute atomic E-state index is 0.0837. The fraction of sp³-hybridized carbons (Fsp3) is 0.370. The van der Waals surface area contributed by atoms with Gasteiger partial charge in [0.05, 0.1) is 34.9 Å². The molecule has 1 amide bonds. The van der Waals surface area contributed by atoms with Crippen LogP contribution in [-0.2, 0) is 27.4 Å². The summed E-state index contributed by atoms with van der Waals surface area (Å²) in [4.78, 5) is 11.9. The number of carbonyl (C=O) groups excluding carboxylic acids is 1. The lowest BCUT2D eigenvalue weighted by Gasteiger charge is -2.37. The van der Waals surface area contributed by atoms with Gasteiger partial charge in [0.25, 0.3) is 0 Å². The maximum Gasteiger partial charge on any atom is 0.416 e. The van der Waals surface area contributed by atoms with Gasteiger partial charge in [0.1, 0.15) is 0 Å². The van der Waals surface area contributed by atoms with E-state index < -0.39 is 40.7 Å². The van der Waals surface area contributed by atoms with Crippen molar-refractivity contribution in [2.75, 3.05) is 13.2 Å². The Labute approximate surface area is 211 Å². The monoisotopic (exact) mass is 526 g/mol. The Morgan fingerprint density at radius 2 is 1.62 bits per heavy atom. The minimum atomic E-state index is -4.96. The number of amides is 1. The number of alkyl halides is 6. The van der Waals surface area contributed by atoms with Crippen LogP contribution in [0.1, 0.15) is 48.1 Å². The third kappa shape index (κ3) is 6.61. The van der Waals surface area contributed by atoms with Crippen LogP contribution in [0.4, 0.5) is 26.3 Å². The Hall–Kier alpha value is -3.11. The predicted molar refractivity (Wildman–Crippen MR) is 127 cm³/mol. The van der Waals surface area contributed by atoms with E-state index in [1.54, 1.807) is 42.5 Å². The molecule has 200 valence electrons. The van der Waals surface area contributed by atoms with Crippen molar-refractivity contribution < 1.29 is 35.9 Å². The van der Waals surface area contributed by atoms with Crippen molar-refractivity contribution in [3.8, 4) is 0 Å². The van der Waals surface area contributed by atoms with Crippen LogP contribution in [-0.4, -0.2) is 24.6 Å². The molecule has 1 unspecified atom stereocenters. The number of hydrogen-bond donors (Lipinski definition) is 2. The Morgan fingerprint density at radius 3 is 2.08 bits per heavy atom. The largest absolute Gasteiger partial charge is 0.416 e. The van der Waals surface area contributed by atoms with Crippen LogP contribution in [0.5, 0.6) is 0 Å². The zero-order valence-electron chi connectivity index (χ0n) is 20.2. The lowest BCUT2D eigenvalue weighted by molar-refractivity contribution is -0.143. The summed E-state index contributed by atoms with van der Waals surface area (Å²) in [7, 11) is 0. The average Bonchev–Trinajstić information content (AvgIpc) is 3.24. The van der Waals surface area contributed by atoms with Gasteiger partial charge in [-0.1, -0.05) is 42.5 Å². The number of carbonyl (C=O) groups is 1. The second kappa shape index (κ2) is 10.7. The Balaban J connectivity index is 1.91. The fourth-order valence-corrected chi connectivity index (χ4v) is 4.20. The highest BCUT2D eigenvalue weighted by molar-refractivity contribution is 5.80. The van der Waals surface area contributed by atoms with Crippen LogP contribution in [0.15, 0.2) is 73.8 Å². The molecule has 0 aliphatic carbocycles. The van der Waals surface area contributed by atoms with Gasteiger partial charge in [0, 0.05) is 13.0 Å². The standard InChI is InChI=1S/C27H28F6N2O2/c1-4-24(12-11-23(36)35-24)16-34-25(5-2,20-9-7-6-8-10-20)17-37-18(3)19-13-21(26(28,29)30)15-22(14-19)27(31,32)33/h4-10,13-15,18,34H,1-2,11-12,16-17H2,3H3,(H,35,36)/t18-,24?,25-/m0/s1. The van der Waals surface area contributed by atoms with E-state index in [4.69, 9.17) is 4.74 Å². The smallest absolute Gasteiger partial charge is 0.371 e. The topological polar surface area (TPSA) is 50.4 Å². The first-order valence-corrected chi connectivity index (χ1v) is 11.5. The highest BCUT2D eigenvalue weighted by Gasteiger charge is 2.40. The zero-order chi connectivity index (χ0) is 27.5. The summed E-state index contributed by atoms with van der Waals surface area (Å²) in [6.07, 6.45) is -7.01. The molecule has 1 heterocycles. The van der Waals surface area contributed by atoms with Gasteiger partial charge >= 0.3 is 12.4 Å². The molecule has 0 spiro atoms. The van der Waals surface area contributed by atoms with Crippen LogP contribution >= 0.6 is 0 Å². The van der Waals surface area contributed by atoms with Gasteiger partial charge in [0.15, 0.2) is 0 Å². The van der Waals surface area contributed by atoms with E-state index in [2.05, 4.69) is 23.8 Å². The molecule has 0 radical (unpaired) electrons. The highest BCUT2D eigenvalue weighted by Crippen LogP contribution is 2.38. The van der Waals surface area contributed by atoms with Gasteiger partial charge in [-0.2, -0.15) is 26.3 Å². The molecule has 1 aliphatic rings. The van der Waals surface area contributed by atoms with Gasteiger partial charge in [-0.15, -0.1) is 13.2 Å². The van der Waals surface area contributed by atoms with Crippen LogP contribution in [0.3, 0.4) is 0 Å². The van der Waals surface area contributed by atoms with E-state index in [1.165, 1.54) is 6.92 Å². The Bertz CT molecular complexity index is 1100. The van der Waals surface area contributed by atoms with Crippen molar-refractivity contribution in [3.63, 3.8) is 0 Å². The number of nitrogens with one attached hydrogen (secondary N) is 2. The number of ether oxygens (including phenoxy) is 1. The molecule has 1 fully saturated rings. The van der Waals surface area contributed by atoms with Crippen molar-refractivity contribution >= 4 is 5.91 Å². The fourth-order valence-electron chi connectivity index (χ4n) is 4.20. The highest BCUT2D eigenvalue weighted by atomic mass is 19.4. The molecule has 0 aromatic heterocycles. The summed E-state index contributed by atoms with van der Waals surface area (Å²) in [5.41, 5.74) is -4.18. The van der Waals surface area contributed by atoms with E-state index in [0.29, 0.717) is 30.5 Å². The first-order chi connectivity index (χ1) is 17.2. The van der Waals surface area contributed by atoms with Gasteiger partial charge in [-0.05, 0) is 42.7 Å². The second-order valence-electron chi connectivity index (χ2n) is 9.10. The zero-order valence-corrected chi connectivity index (χ0v) is 20.2. The summed E-state index contributed by atoms with van der Waals surface area (Å²) < 4.78 is 85.9. The third-order valence-electron chi connectivity index (χ3n) is 6.57. The first kappa shape index (κ1) is 28.5. The van der Waals surface area contributed by atoms with Crippen LogP contribution in [0.2, 0.25) is 0 Å². The van der Waals surface area contributed by atoms with E-state index in [-0.39, 0.29) is 30.7 Å². The van der Waals surface area contributed by atoms with Crippen LogP contribution in [0.25, 0.3) is 0 Å². The van der Waals surface area contributed by atoms with Crippen molar-refractivity contribution in [1.82, 2.24) is 10.6 Å². The molecule has 0 bridgehead atoms. The van der Waals surface area contributed by atoms with E-state index in [0.717, 1.165) is 0 Å². The Kier molecular flexibility index (Phi) is 8.24. The molecule has 2 aromatic carbocycles. The molecular weight excluding hydrogens is 498 g/mol. The average molecular weight is 527 g/mol. The van der Waals surface area contributed by atoms with Crippen molar-refractivity contribution in [2.45, 2.75) is 49.3 Å². The molecule has 1 saturated heterocycles. The lowest BCUT2D eigenvalue weighted by Crippen LogP contribution is -2.55. The van der Waals surface area contributed by atoms with E-state index in [1.807, 2.05) is 0 Å². The molecule has 37 heavy (non-hydrogen) atoms. The van der Waals surface area contributed by atoms with Gasteiger partial charge in [0.2, 0.25) is 5.91 Å². The van der Waals surface area contributed by atoms with Crippen molar-refractivity contribution in [1.29, 1.82) is 0 Å². The Morgan fingerprint density at radius 1 is 1.03 bits per heavy atom. The summed E-state index contributed by atoms with van der Waals surface area (Å²) in [5.74, 6) is -0.125. The number of rotatable bonds is 10. The summed E-state index contributed by atoms with van der Waals surface area (Å²) in [6, 6.07) is 10.3. The summed E-state index contributed by atoms with van der Waals surface area (Å²) >= 11 is 0. The molecule has 3 atom stereocenters. The van der Waals surface area contributed by atoms with Gasteiger partial charge in [-0.3, -0.25) is 10.1 Å². The van der Waals surface area contributed by atoms with Crippen LogP contribution in [0, 0.1) is 0 Å². The first-order valence-electron chi connectivity index (χ1n) is 11.5. The minimum Gasteiger partial charge on any atom is -0.371 e. The molecule has 10 heteroatoms. The number of benzene rings is 2. The molecule has 4 nitrogen and oxygen atoms in total. The number of halogens is 6.